The molecule has 0 aliphatic carbocycles. The average molecular weight is 247 g/mol. The Kier molecular flexibility index (Phi) is 6.15. The highest BCUT2D eigenvalue weighted by Gasteiger charge is 2.24. The van der Waals surface area contributed by atoms with Crippen LogP contribution in [0, 0.1) is 0 Å². The molecule has 0 spiro atoms. The molecule has 0 fully saturated rings. The van der Waals surface area contributed by atoms with Crippen LogP contribution in [0.1, 0.15) is 13.8 Å². The van der Waals surface area contributed by atoms with E-state index >= 15 is 0 Å². The predicted molar refractivity (Wildman–Crippen MR) is 57.9 cm³/mol. The fourth-order valence-corrected chi connectivity index (χ4v) is 0.942. The molecule has 8 nitrogen and oxygen atoms in total. The molecule has 8 heteroatoms. The number of carbonyl (C=O) groups is 3. The van der Waals surface area contributed by atoms with Crippen molar-refractivity contribution in [2.45, 2.75) is 32.0 Å². The van der Waals surface area contributed by atoms with Crippen LogP contribution >= 0.6 is 0 Å². The van der Waals surface area contributed by atoms with Crippen LogP contribution in [-0.2, 0) is 14.4 Å². The SMILES string of the molecule is CC(N)C(=O)NCC(=O)NC(C(=O)O)C(C)O. The first-order valence-electron chi connectivity index (χ1n) is 4.99. The van der Waals surface area contributed by atoms with E-state index in [2.05, 4.69) is 10.6 Å². The number of amides is 2. The van der Waals surface area contributed by atoms with Crippen LogP contribution in [0.3, 0.4) is 0 Å². The van der Waals surface area contributed by atoms with Crippen molar-refractivity contribution in [1.29, 1.82) is 0 Å². The number of nitrogens with one attached hydrogen (secondary N) is 2. The summed E-state index contributed by atoms with van der Waals surface area (Å²) >= 11 is 0. The Balaban J connectivity index is 4.17. The molecule has 0 aromatic heterocycles. The van der Waals surface area contributed by atoms with E-state index in [9.17, 15) is 14.4 Å². The molecule has 6 N–H and O–H groups in total. The zero-order chi connectivity index (χ0) is 13.6. The highest BCUT2D eigenvalue weighted by molar-refractivity contribution is 5.89. The maximum absolute atomic E-state index is 11.2. The van der Waals surface area contributed by atoms with E-state index in [1.54, 1.807) is 0 Å². The molecule has 0 saturated carbocycles. The first-order valence-corrected chi connectivity index (χ1v) is 4.99. The van der Waals surface area contributed by atoms with Gasteiger partial charge in [-0.1, -0.05) is 0 Å². The lowest BCUT2D eigenvalue weighted by Gasteiger charge is -2.17. The van der Waals surface area contributed by atoms with Gasteiger partial charge in [-0.25, -0.2) is 4.79 Å². The summed E-state index contributed by atoms with van der Waals surface area (Å²) in [4.78, 5) is 32.9. The molecular weight excluding hydrogens is 230 g/mol. The molecule has 17 heavy (non-hydrogen) atoms. The second-order valence-corrected chi connectivity index (χ2v) is 3.63. The monoisotopic (exact) mass is 247 g/mol. The molecule has 98 valence electrons. The van der Waals surface area contributed by atoms with Crippen molar-refractivity contribution in [3.63, 3.8) is 0 Å². The summed E-state index contributed by atoms with van der Waals surface area (Å²) in [5, 5.41) is 22.1. The average Bonchev–Trinajstić information content (AvgIpc) is 2.21. The number of carboxylic acid groups (broad SMARTS) is 1. The van der Waals surface area contributed by atoms with E-state index in [1.165, 1.54) is 13.8 Å². The molecule has 0 bridgehead atoms. The Bertz CT molecular complexity index is 303. The summed E-state index contributed by atoms with van der Waals surface area (Å²) in [6.45, 7) is 2.29. The number of carboxylic acids is 1. The predicted octanol–water partition coefficient (Wildman–Crippen LogP) is -2.60. The van der Waals surface area contributed by atoms with Gasteiger partial charge in [-0.15, -0.1) is 0 Å². The normalized spacial score (nSPS) is 15.5. The number of hydrogen-bond acceptors (Lipinski definition) is 5. The molecule has 0 rings (SSSR count). The summed E-state index contributed by atoms with van der Waals surface area (Å²) in [5.41, 5.74) is 5.24. The topological polar surface area (TPSA) is 142 Å². The highest BCUT2D eigenvalue weighted by atomic mass is 16.4. The third-order valence-corrected chi connectivity index (χ3v) is 1.90. The summed E-state index contributed by atoms with van der Waals surface area (Å²) in [5.74, 6) is -2.59. The van der Waals surface area contributed by atoms with Crippen molar-refractivity contribution >= 4 is 17.8 Å². The number of aliphatic carboxylic acids is 1. The van der Waals surface area contributed by atoms with Gasteiger partial charge in [0.2, 0.25) is 11.8 Å². The number of carbonyl (C=O) groups excluding carboxylic acids is 2. The van der Waals surface area contributed by atoms with E-state index in [4.69, 9.17) is 15.9 Å². The molecular formula is C9H17N3O5. The Morgan fingerprint density at radius 1 is 1.29 bits per heavy atom. The lowest BCUT2D eigenvalue weighted by Crippen LogP contribution is -2.51. The standard InChI is InChI=1S/C9H17N3O5/c1-4(10)8(15)11-3-6(14)12-7(5(2)13)9(16)17/h4-5,7,13H,3,10H2,1-2H3,(H,11,15)(H,12,14)(H,16,17). The molecule has 0 aliphatic rings. The molecule has 0 aromatic rings. The first kappa shape index (κ1) is 15.3. The van der Waals surface area contributed by atoms with Crippen molar-refractivity contribution in [3.8, 4) is 0 Å². The summed E-state index contributed by atoms with van der Waals surface area (Å²) < 4.78 is 0. The molecule has 0 aliphatic heterocycles. The van der Waals surface area contributed by atoms with Gasteiger partial charge < -0.3 is 26.6 Å². The summed E-state index contributed by atoms with van der Waals surface area (Å²) in [6, 6.07) is -2.16. The minimum atomic E-state index is -1.41. The summed E-state index contributed by atoms with van der Waals surface area (Å²) in [7, 11) is 0. The Morgan fingerprint density at radius 3 is 2.18 bits per heavy atom. The summed E-state index contributed by atoms with van der Waals surface area (Å²) in [6.07, 6.45) is -1.24. The van der Waals surface area contributed by atoms with Crippen molar-refractivity contribution in [3.05, 3.63) is 0 Å². The Labute approximate surface area is 98.2 Å². The van der Waals surface area contributed by atoms with Gasteiger partial charge in [0.05, 0.1) is 18.7 Å². The fraction of sp³-hybridized carbons (Fsp3) is 0.667. The highest BCUT2D eigenvalue weighted by Crippen LogP contribution is 1.92. The zero-order valence-corrected chi connectivity index (χ0v) is 9.64. The molecule has 0 radical (unpaired) electrons. The van der Waals surface area contributed by atoms with Crippen LogP contribution in [0.5, 0.6) is 0 Å². The molecule has 3 unspecified atom stereocenters. The van der Waals surface area contributed by atoms with E-state index in [-0.39, 0.29) is 0 Å². The van der Waals surface area contributed by atoms with Crippen LogP contribution in [0.4, 0.5) is 0 Å². The van der Waals surface area contributed by atoms with E-state index < -0.39 is 42.5 Å². The largest absolute Gasteiger partial charge is 0.480 e. The van der Waals surface area contributed by atoms with Gasteiger partial charge in [-0.2, -0.15) is 0 Å². The second kappa shape index (κ2) is 6.81. The number of nitrogens with two attached hydrogens (primary N) is 1. The van der Waals surface area contributed by atoms with Gasteiger partial charge in [0.25, 0.3) is 0 Å². The number of aliphatic hydroxyl groups is 1. The third kappa shape index (κ3) is 5.83. The van der Waals surface area contributed by atoms with E-state index in [1.807, 2.05) is 0 Å². The number of aliphatic hydroxyl groups excluding tert-OH is 1. The maximum Gasteiger partial charge on any atom is 0.328 e. The van der Waals surface area contributed by atoms with E-state index in [0.29, 0.717) is 0 Å². The molecule has 0 aromatic carbocycles. The Morgan fingerprint density at radius 2 is 1.82 bits per heavy atom. The van der Waals surface area contributed by atoms with Crippen LogP contribution in [-0.4, -0.2) is 52.7 Å². The van der Waals surface area contributed by atoms with E-state index in [0.717, 1.165) is 0 Å². The lowest BCUT2D eigenvalue weighted by atomic mass is 10.2. The minimum Gasteiger partial charge on any atom is -0.480 e. The van der Waals surface area contributed by atoms with Crippen LogP contribution < -0.4 is 16.4 Å². The Hall–Kier alpha value is -1.67. The third-order valence-electron chi connectivity index (χ3n) is 1.90. The van der Waals surface area contributed by atoms with Gasteiger partial charge >= 0.3 is 5.97 Å². The van der Waals surface area contributed by atoms with Crippen molar-refractivity contribution in [2.24, 2.45) is 5.73 Å². The van der Waals surface area contributed by atoms with Gasteiger partial charge in [-0.05, 0) is 13.8 Å². The molecule has 3 atom stereocenters. The minimum absolute atomic E-state index is 0.392. The van der Waals surface area contributed by atoms with Crippen LogP contribution in [0.2, 0.25) is 0 Å². The van der Waals surface area contributed by atoms with Gasteiger partial charge in [-0.3, -0.25) is 9.59 Å². The lowest BCUT2D eigenvalue weighted by molar-refractivity contribution is -0.144. The number of rotatable bonds is 6. The van der Waals surface area contributed by atoms with Gasteiger partial charge in [0.1, 0.15) is 0 Å². The van der Waals surface area contributed by atoms with Crippen LogP contribution in [0.15, 0.2) is 0 Å². The quantitative estimate of drug-likeness (QED) is 0.348. The van der Waals surface area contributed by atoms with Crippen molar-refractivity contribution in [1.82, 2.24) is 10.6 Å². The first-order chi connectivity index (χ1) is 7.75. The van der Waals surface area contributed by atoms with Gasteiger partial charge in [0, 0.05) is 0 Å². The van der Waals surface area contributed by atoms with Crippen molar-refractivity contribution in [2.75, 3.05) is 6.54 Å². The maximum atomic E-state index is 11.2. The molecule has 2 amide bonds. The molecule has 0 heterocycles. The van der Waals surface area contributed by atoms with Crippen LogP contribution in [0.25, 0.3) is 0 Å². The second-order valence-electron chi connectivity index (χ2n) is 3.63. The fourth-order valence-electron chi connectivity index (χ4n) is 0.942. The zero-order valence-electron chi connectivity index (χ0n) is 9.64. The number of hydrogen-bond donors (Lipinski definition) is 5. The smallest absolute Gasteiger partial charge is 0.328 e. The van der Waals surface area contributed by atoms with Crippen molar-refractivity contribution < 1.29 is 24.6 Å². The molecule has 0 saturated heterocycles. The van der Waals surface area contributed by atoms with Gasteiger partial charge in [0.15, 0.2) is 6.04 Å².